The van der Waals surface area contributed by atoms with Crippen LogP contribution in [0.5, 0.6) is 0 Å². The lowest BCUT2D eigenvalue weighted by atomic mass is 9.64. The molecule has 4 nitrogen and oxygen atoms in total. The van der Waals surface area contributed by atoms with Crippen LogP contribution in [0.4, 0.5) is 0 Å². The maximum Gasteiger partial charge on any atom is 0.244 e. The van der Waals surface area contributed by atoms with Crippen LogP contribution in [0.2, 0.25) is 0 Å². The Bertz CT molecular complexity index is 1170. The van der Waals surface area contributed by atoms with E-state index in [0.29, 0.717) is 6.04 Å². The highest BCUT2D eigenvalue weighted by atomic mass is 79.9. The van der Waals surface area contributed by atoms with E-state index < -0.39 is 5.41 Å². The van der Waals surface area contributed by atoms with Crippen molar-refractivity contribution in [3.05, 3.63) is 126 Å². The van der Waals surface area contributed by atoms with E-state index in [-0.39, 0.29) is 28.8 Å². The molecular weight excluding hydrogens is 486 g/mol. The van der Waals surface area contributed by atoms with Crippen LogP contribution in [0, 0.1) is 5.92 Å². The van der Waals surface area contributed by atoms with Crippen molar-refractivity contribution in [1.82, 2.24) is 4.57 Å². The van der Waals surface area contributed by atoms with Crippen LogP contribution in [-0.2, 0) is 16.8 Å². The number of rotatable bonds is 7. The smallest absolute Gasteiger partial charge is 0.244 e. The second-order valence-corrected chi connectivity index (χ2v) is 9.09. The van der Waals surface area contributed by atoms with Crippen molar-refractivity contribution in [3.63, 3.8) is 0 Å². The summed E-state index contributed by atoms with van der Waals surface area (Å²) in [5.74, 6) is -0.132. The number of aromatic nitrogens is 2. The van der Waals surface area contributed by atoms with E-state index in [1.807, 2.05) is 42.5 Å². The van der Waals surface area contributed by atoms with Gasteiger partial charge < -0.3 is 22.7 Å². The first-order chi connectivity index (χ1) is 16.2. The van der Waals surface area contributed by atoms with Crippen molar-refractivity contribution in [3.8, 4) is 0 Å². The molecule has 0 spiro atoms. The molecule has 5 rings (SSSR count). The van der Waals surface area contributed by atoms with E-state index in [9.17, 15) is 4.79 Å². The molecule has 34 heavy (non-hydrogen) atoms. The summed E-state index contributed by atoms with van der Waals surface area (Å²) in [5.41, 5.74) is 8.67. The number of hydrogen-bond acceptors (Lipinski definition) is 1. The normalized spacial score (nSPS) is 17.8. The Morgan fingerprint density at radius 2 is 1.44 bits per heavy atom. The van der Waals surface area contributed by atoms with Crippen LogP contribution < -0.4 is 27.3 Å². The molecule has 2 atom stereocenters. The van der Waals surface area contributed by atoms with Gasteiger partial charge in [0.15, 0.2) is 0 Å². The number of halogens is 1. The van der Waals surface area contributed by atoms with Gasteiger partial charge in [-0.2, -0.15) is 0 Å². The molecule has 1 aromatic heterocycles. The van der Waals surface area contributed by atoms with Gasteiger partial charge in [-0.05, 0) is 41.9 Å². The summed E-state index contributed by atoms with van der Waals surface area (Å²) in [5, 5.41) is 0. The van der Waals surface area contributed by atoms with E-state index in [0.717, 1.165) is 36.9 Å². The average molecular weight is 516 g/mol. The van der Waals surface area contributed by atoms with Crippen molar-refractivity contribution < 1.29 is 26.3 Å². The number of nitrogens with two attached hydrogens (primary N) is 1. The van der Waals surface area contributed by atoms with E-state index in [4.69, 9.17) is 5.73 Å². The fourth-order valence-electron chi connectivity index (χ4n) is 5.66. The van der Waals surface area contributed by atoms with E-state index >= 15 is 0 Å². The topological polar surface area (TPSA) is 51.9 Å². The Hall–Kier alpha value is -3.18. The maximum absolute atomic E-state index is 13.3. The monoisotopic (exact) mass is 515 g/mol. The van der Waals surface area contributed by atoms with Crippen LogP contribution in [0.25, 0.3) is 0 Å². The third kappa shape index (κ3) is 4.45. The number of hydrogen-bond donors (Lipinski definition) is 1. The Morgan fingerprint density at radius 1 is 0.882 bits per heavy atom. The zero-order valence-electron chi connectivity index (χ0n) is 19.1. The maximum atomic E-state index is 13.3. The molecule has 1 fully saturated rings. The molecule has 0 unspecified atom stereocenters. The summed E-state index contributed by atoms with van der Waals surface area (Å²) >= 11 is 0. The Morgan fingerprint density at radius 3 is 2.00 bits per heavy atom. The summed E-state index contributed by atoms with van der Waals surface area (Å²) < 4.78 is 4.53. The van der Waals surface area contributed by atoms with Gasteiger partial charge in [-0.3, -0.25) is 4.79 Å². The second-order valence-electron chi connectivity index (χ2n) is 9.09. The van der Waals surface area contributed by atoms with Crippen LogP contribution in [0.3, 0.4) is 0 Å². The summed E-state index contributed by atoms with van der Waals surface area (Å²) in [6.07, 6.45) is 9.38. The number of primary amides is 1. The number of benzene rings is 3. The van der Waals surface area contributed by atoms with Gasteiger partial charge in [0.25, 0.3) is 0 Å². The number of amides is 1. The number of carbonyl (C=O) groups is 1. The highest BCUT2D eigenvalue weighted by molar-refractivity contribution is 5.91. The molecular formula is C29H30BrN3O. The average Bonchev–Trinajstić information content (AvgIpc) is 3.52. The molecule has 1 aliphatic rings. The summed E-state index contributed by atoms with van der Waals surface area (Å²) in [6.45, 7) is 0.850. The first-order valence-electron chi connectivity index (χ1n) is 11.7. The van der Waals surface area contributed by atoms with Crippen LogP contribution in [0.15, 0.2) is 110 Å². The first-order valence-corrected chi connectivity index (χ1v) is 11.7. The quantitative estimate of drug-likeness (QED) is 0.374. The Labute approximate surface area is 211 Å². The molecule has 1 saturated carbocycles. The van der Waals surface area contributed by atoms with Crippen molar-refractivity contribution in [1.29, 1.82) is 0 Å². The van der Waals surface area contributed by atoms with Gasteiger partial charge in [0.1, 0.15) is 30.4 Å². The van der Waals surface area contributed by atoms with Crippen molar-refractivity contribution in [2.75, 3.05) is 0 Å². The molecule has 174 valence electrons. The lowest BCUT2D eigenvalue weighted by molar-refractivity contribution is -0.688. The van der Waals surface area contributed by atoms with Crippen molar-refractivity contribution in [2.24, 2.45) is 11.7 Å². The summed E-state index contributed by atoms with van der Waals surface area (Å²) in [7, 11) is 0. The molecule has 1 heterocycles. The number of imidazole rings is 1. The van der Waals surface area contributed by atoms with Crippen molar-refractivity contribution >= 4 is 5.91 Å². The second kappa shape index (κ2) is 10.4. The minimum Gasteiger partial charge on any atom is -1.00 e. The van der Waals surface area contributed by atoms with Gasteiger partial charge >= 0.3 is 0 Å². The molecule has 1 amide bonds. The predicted molar refractivity (Wildman–Crippen MR) is 129 cm³/mol. The van der Waals surface area contributed by atoms with Gasteiger partial charge in [0.05, 0.1) is 0 Å². The standard InChI is InChI=1S/C29H29N3O.BrH/c30-28(33)29(24-12-6-2-7-13-24,25-14-8-3-9-15-25)26-16-17-27(20-26)32-19-18-31(22-32)21-23-10-4-1-5-11-23;/h1-15,18-19,22,26-27H,16-17,20-21H2,(H-,30,33);1H/t26-,27-;/m0./s1. The van der Waals surface area contributed by atoms with Gasteiger partial charge in [0.2, 0.25) is 12.2 Å². The molecule has 1 aliphatic carbocycles. The Balaban J connectivity index is 0.00000274. The third-order valence-corrected chi connectivity index (χ3v) is 7.21. The van der Waals surface area contributed by atoms with E-state index in [2.05, 4.69) is 76.4 Å². The molecule has 4 aromatic rings. The number of carbonyl (C=O) groups excluding carboxylic acids is 1. The molecule has 3 aromatic carbocycles. The van der Waals surface area contributed by atoms with E-state index in [1.165, 1.54) is 5.56 Å². The molecule has 5 heteroatoms. The molecule has 2 N–H and O–H groups in total. The Kier molecular flexibility index (Phi) is 7.32. The first kappa shape index (κ1) is 24.0. The minimum absolute atomic E-state index is 0. The molecule has 0 radical (unpaired) electrons. The molecule has 0 bridgehead atoms. The molecule has 0 saturated heterocycles. The fraction of sp³-hybridized carbons (Fsp3) is 0.241. The van der Waals surface area contributed by atoms with Crippen LogP contribution in [0.1, 0.15) is 42.0 Å². The van der Waals surface area contributed by atoms with Gasteiger partial charge in [-0.1, -0.05) is 91.0 Å². The van der Waals surface area contributed by atoms with Crippen molar-refractivity contribution in [2.45, 2.75) is 37.3 Å². The zero-order valence-corrected chi connectivity index (χ0v) is 20.7. The zero-order chi connectivity index (χ0) is 22.7. The van der Waals surface area contributed by atoms with Crippen LogP contribution >= 0.6 is 0 Å². The van der Waals surface area contributed by atoms with Gasteiger partial charge in [-0.25, -0.2) is 9.13 Å². The summed E-state index contributed by atoms with van der Waals surface area (Å²) in [6, 6.07) is 31.0. The predicted octanol–water partition coefficient (Wildman–Crippen LogP) is 1.64. The highest BCUT2D eigenvalue weighted by Crippen LogP contribution is 2.49. The lowest BCUT2D eigenvalue weighted by Gasteiger charge is -2.37. The third-order valence-electron chi connectivity index (χ3n) is 7.21. The van der Waals surface area contributed by atoms with Gasteiger partial charge in [-0.15, -0.1) is 0 Å². The van der Waals surface area contributed by atoms with Gasteiger partial charge in [0, 0.05) is 0 Å². The molecule has 0 aliphatic heterocycles. The minimum atomic E-state index is -0.829. The lowest BCUT2D eigenvalue weighted by Crippen LogP contribution is -3.00. The number of nitrogens with zero attached hydrogens (tertiary/aromatic N) is 2. The largest absolute Gasteiger partial charge is 1.00 e. The van der Waals surface area contributed by atoms with Crippen LogP contribution in [-0.4, -0.2) is 10.5 Å². The highest BCUT2D eigenvalue weighted by Gasteiger charge is 2.50. The van der Waals surface area contributed by atoms with E-state index in [1.54, 1.807) is 0 Å². The fourth-order valence-corrected chi connectivity index (χ4v) is 5.66. The SMILES string of the molecule is NC(=O)C(c1ccccc1)(c1ccccc1)[C@H]1CC[C@H](n2cc[n+](Cc3ccccc3)c2)C1.[Br-]. The summed E-state index contributed by atoms with van der Waals surface area (Å²) in [4.78, 5) is 13.3.